The Kier molecular flexibility index (Phi) is 6.43. The third-order valence-electron chi connectivity index (χ3n) is 4.82. The van der Waals surface area contributed by atoms with Crippen LogP contribution in [0.2, 0.25) is 0 Å². The third-order valence-corrected chi connectivity index (χ3v) is 4.82. The minimum Gasteiger partial charge on any atom is -0.352 e. The molecule has 1 aromatic heterocycles. The highest BCUT2D eigenvalue weighted by molar-refractivity contribution is 5.81. The van der Waals surface area contributed by atoms with Crippen LogP contribution in [0.15, 0.2) is 12.4 Å². The van der Waals surface area contributed by atoms with E-state index in [2.05, 4.69) is 19.8 Å². The summed E-state index contributed by atoms with van der Waals surface area (Å²) in [6.07, 6.45) is 11.9. The predicted molar refractivity (Wildman–Crippen MR) is 88.6 cm³/mol. The van der Waals surface area contributed by atoms with Crippen molar-refractivity contribution in [3.63, 3.8) is 0 Å². The number of carbonyl (C=O) groups is 1. The van der Waals surface area contributed by atoms with Gasteiger partial charge in [-0.3, -0.25) is 9.69 Å². The molecule has 0 aliphatic heterocycles. The number of nitrogens with one attached hydrogen (secondary N) is 1. The average molecular weight is 306 g/mol. The van der Waals surface area contributed by atoms with Gasteiger partial charge in [-0.15, -0.1) is 0 Å². The first kappa shape index (κ1) is 17.0. The van der Waals surface area contributed by atoms with Crippen molar-refractivity contribution in [2.45, 2.75) is 64.0 Å². The Morgan fingerprint density at radius 1 is 1.45 bits per heavy atom. The smallest absolute Gasteiger partial charge is 0.237 e. The molecule has 1 saturated carbocycles. The maximum Gasteiger partial charge on any atom is 0.237 e. The van der Waals surface area contributed by atoms with Gasteiger partial charge in [0, 0.05) is 31.9 Å². The Hall–Kier alpha value is -1.36. The zero-order valence-corrected chi connectivity index (χ0v) is 14.2. The molecule has 1 N–H and O–H groups in total. The van der Waals surface area contributed by atoms with E-state index in [0.717, 1.165) is 38.1 Å². The van der Waals surface area contributed by atoms with Gasteiger partial charge in [-0.25, -0.2) is 4.98 Å². The molecule has 0 spiro atoms. The largest absolute Gasteiger partial charge is 0.352 e. The van der Waals surface area contributed by atoms with Gasteiger partial charge in [0.2, 0.25) is 5.91 Å². The zero-order chi connectivity index (χ0) is 15.9. The number of aryl methyl sites for hydroxylation is 2. The summed E-state index contributed by atoms with van der Waals surface area (Å²) < 4.78 is 2.05. The zero-order valence-electron chi connectivity index (χ0n) is 14.2. The number of carbonyl (C=O) groups excluding carboxylic acids is 1. The summed E-state index contributed by atoms with van der Waals surface area (Å²) >= 11 is 0. The van der Waals surface area contributed by atoms with E-state index in [1.165, 1.54) is 19.3 Å². The van der Waals surface area contributed by atoms with Crippen molar-refractivity contribution in [3.05, 3.63) is 18.2 Å². The van der Waals surface area contributed by atoms with Gasteiger partial charge in [0.05, 0.1) is 6.04 Å². The molecule has 1 fully saturated rings. The Morgan fingerprint density at radius 2 is 2.18 bits per heavy atom. The number of aromatic nitrogens is 2. The normalized spacial score (nSPS) is 17.6. The Balaban J connectivity index is 1.70. The fourth-order valence-electron chi connectivity index (χ4n) is 3.09. The van der Waals surface area contributed by atoms with E-state index in [4.69, 9.17) is 0 Å². The van der Waals surface area contributed by atoms with Gasteiger partial charge < -0.3 is 9.88 Å². The monoisotopic (exact) mass is 306 g/mol. The van der Waals surface area contributed by atoms with Gasteiger partial charge in [-0.05, 0) is 39.8 Å². The van der Waals surface area contributed by atoms with Gasteiger partial charge in [0.15, 0.2) is 0 Å². The Bertz CT molecular complexity index is 465. The summed E-state index contributed by atoms with van der Waals surface area (Å²) in [5.74, 6) is 1.28. The fourth-order valence-corrected chi connectivity index (χ4v) is 3.09. The molecule has 1 aromatic rings. The van der Waals surface area contributed by atoms with Crippen molar-refractivity contribution in [1.29, 1.82) is 0 Å². The minimum atomic E-state index is -0.0664. The molecule has 124 valence electrons. The molecular formula is C17H30N4O. The summed E-state index contributed by atoms with van der Waals surface area (Å²) in [5.41, 5.74) is 0. The van der Waals surface area contributed by atoms with E-state index in [0.29, 0.717) is 6.04 Å². The van der Waals surface area contributed by atoms with E-state index >= 15 is 0 Å². The van der Waals surface area contributed by atoms with E-state index in [1.54, 1.807) is 0 Å². The second kappa shape index (κ2) is 8.32. The van der Waals surface area contributed by atoms with E-state index < -0.39 is 0 Å². The first-order chi connectivity index (χ1) is 10.6. The molecule has 1 aliphatic rings. The van der Waals surface area contributed by atoms with E-state index in [-0.39, 0.29) is 11.9 Å². The number of likely N-dealkylation sites (N-methyl/N-ethyl adjacent to an activating group) is 1. The van der Waals surface area contributed by atoms with Gasteiger partial charge in [-0.2, -0.15) is 0 Å². The maximum atomic E-state index is 12.3. The summed E-state index contributed by atoms with van der Waals surface area (Å²) in [6, 6.07) is 0.327. The van der Waals surface area contributed by atoms with Crippen molar-refractivity contribution in [3.8, 4) is 0 Å². The highest BCUT2D eigenvalue weighted by Gasteiger charge is 2.22. The summed E-state index contributed by atoms with van der Waals surface area (Å²) in [4.78, 5) is 18.8. The number of amides is 1. The standard InChI is InChI=1S/C17H30N4O/c1-14(17(22)19-15-8-5-4-6-9-15)20(2)12-7-10-16-18-11-13-21(16)3/h11,13-15H,4-10,12H2,1-3H3,(H,19,22). The number of imidazole rings is 1. The minimum absolute atomic E-state index is 0.0664. The van der Waals surface area contributed by atoms with Crippen LogP contribution in [0.3, 0.4) is 0 Å². The molecule has 0 aromatic carbocycles. The first-order valence-electron chi connectivity index (χ1n) is 8.54. The van der Waals surface area contributed by atoms with Crippen LogP contribution < -0.4 is 5.32 Å². The molecular weight excluding hydrogens is 276 g/mol. The topological polar surface area (TPSA) is 50.2 Å². The van der Waals surface area contributed by atoms with Crippen LogP contribution in [-0.2, 0) is 18.3 Å². The summed E-state index contributed by atoms with van der Waals surface area (Å²) in [6.45, 7) is 2.91. The highest BCUT2D eigenvalue weighted by Crippen LogP contribution is 2.17. The van der Waals surface area contributed by atoms with Crippen LogP contribution in [0.4, 0.5) is 0 Å². The van der Waals surface area contributed by atoms with Crippen LogP contribution in [0.5, 0.6) is 0 Å². The van der Waals surface area contributed by atoms with Crippen LogP contribution in [0.25, 0.3) is 0 Å². The van der Waals surface area contributed by atoms with Crippen LogP contribution in [-0.4, -0.2) is 46.0 Å². The second-order valence-electron chi connectivity index (χ2n) is 6.56. The van der Waals surface area contributed by atoms with Gasteiger partial charge in [0.25, 0.3) is 0 Å². The molecule has 1 aliphatic carbocycles. The van der Waals surface area contributed by atoms with Crippen molar-refractivity contribution < 1.29 is 4.79 Å². The number of hydrogen-bond acceptors (Lipinski definition) is 3. The highest BCUT2D eigenvalue weighted by atomic mass is 16.2. The molecule has 1 atom stereocenters. The van der Waals surface area contributed by atoms with Crippen molar-refractivity contribution in [1.82, 2.24) is 19.8 Å². The van der Waals surface area contributed by atoms with Crippen molar-refractivity contribution in [2.24, 2.45) is 7.05 Å². The lowest BCUT2D eigenvalue weighted by atomic mass is 9.95. The number of nitrogens with zero attached hydrogens (tertiary/aromatic N) is 3. The maximum absolute atomic E-state index is 12.3. The van der Waals surface area contributed by atoms with E-state index in [9.17, 15) is 4.79 Å². The van der Waals surface area contributed by atoms with Crippen LogP contribution >= 0.6 is 0 Å². The number of rotatable bonds is 7. The third kappa shape index (κ3) is 4.83. The SMILES string of the molecule is CC(C(=O)NC1CCCCC1)N(C)CCCc1nccn1C. The average Bonchev–Trinajstić information content (AvgIpc) is 2.92. The number of hydrogen-bond donors (Lipinski definition) is 1. The molecule has 1 amide bonds. The Morgan fingerprint density at radius 3 is 2.82 bits per heavy atom. The molecule has 5 nitrogen and oxygen atoms in total. The fraction of sp³-hybridized carbons (Fsp3) is 0.765. The van der Waals surface area contributed by atoms with Gasteiger partial charge in [-0.1, -0.05) is 19.3 Å². The van der Waals surface area contributed by atoms with Crippen LogP contribution in [0, 0.1) is 0 Å². The quantitative estimate of drug-likeness (QED) is 0.839. The second-order valence-corrected chi connectivity index (χ2v) is 6.56. The summed E-state index contributed by atoms with van der Waals surface area (Å²) in [5, 5.41) is 3.22. The molecule has 0 radical (unpaired) electrons. The van der Waals surface area contributed by atoms with Crippen molar-refractivity contribution in [2.75, 3.05) is 13.6 Å². The molecule has 5 heteroatoms. The lowest BCUT2D eigenvalue weighted by Gasteiger charge is -2.28. The van der Waals surface area contributed by atoms with Gasteiger partial charge in [0.1, 0.15) is 5.82 Å². The lowest BCUT2D eigenvalue weighted by Crippen LogP contribution is -2.47. The molecule has 1 unspecified atom stereocenters. The van der Waals surface area contributed by atoms with Crippen LogP contribution in [0.1, 0.15) is 51.3 Å². The van der Waals surface area contributed by atoms with Crippen molar-refractivity contribution >= 4 is 5.91 Å². The lowest BCUT2D eigenvalue weighted by molar-refractivity contribution is -0.126. The Labute approximate surface area is 134 Å². The molecule has 0 bridgehead atoms. The van der Waals surface area contributed by atoms with E-state index in [1.807, 2.05) is 33.4 Å². The van der Waals surface area contributed by atoms with Gasteiger partial charge >= 0.3 is 0 Å². The molecule has 22 heavy (non-hydrogen) atoms. The predicted octanol–water partition coefficient (Wildman–Crippen LogP) is 2.12. The molecule has 2 rings (SSSR count). The molecule has 1 heterocycles. The molecule has 0 saturated heterocycles. The first-order valence-corrected chi connectivity index (χ1v) is 8.54. The summed E-state index contributed by atoms with van der Waals surface area (Å²) in [7, 11) is 4.05.